The van der Waals surface area contributed by atoms with E-state index in [1.54, 1.807) is 10.3 Å². The van der Waals surface area contributed by atoms with Crippen LogP contribution in [0.5, 0.6) is 5.75 Å². The Kier molecular flexibility index (Phi) is 4.80. The minimum Gasteiger partial charge on any atom is -0.482 e. The lowest BCUT2D eigenvalue weighted by molar-refractivity contribution is -0.121. The fourth-order valence-corrected chi connectivity index (χ4v) is 3.11. The molecule has 2 heterocycles. The van der Waals surface area contributed by atoms with E-state index in [4.69, 9.17) is 4.74 Å². The van der Waals surface area contributed by atoms with Crippen LogP contribution in [0.3, 0.4) is 0 Å². The van der Waals surface area contributed by atoms with Gasteiger partial charge in [-0.3, -0.25) is 14.5 Å². The number of aromatic nitrogens is 1. The summed E-state index contributed by atoms with van der Waals surface area (Å²) in [6.45, 7) is 4.32. The average molecular weight is 345 g/mol. The van der Waals surface area contributed by atoms with Gasteiger partial charge in [-0.25, -0.2) is 4.98 Å². The molecule has 2 amide bonds. The largest absolute Gasteiger partial charge is 0.482 e. The van der Waals surface area contributed by atoms with Gasteiger partial charge in [0.15, 0.2) is 6.61 Å². The molecule has 0 spiro atoms. The third-order valence-corrected chi connectivity index (χ3v) is 4.71. The second kappa shape index (κ2) is 7.00. The molecule has 6 nitrogen and oxygen atoms in total. The van der Waals surface area contributed by atoms with Crippen LogP contribution in [0, 0.1) is 0 Å². The van der Waals surface area contributed by atoms with Crippen molar-refractivity contribution in [2.75, 3.05) is 11.5 Å². The Balaban J connectivity index is 1.75. The molecule has 126 valence electrons. The molecule has 1 aliphatic heterocycles. The monoisotopic (exact) mass is 345 g/mol. The first-order chi connectivity index (χ1) is 11.6. The normalized spacial score (nSPS) is 14.8. The summed E-state index contributed by atoms with van der Waals surface area (Å²) in [5, 5.41) is 5.33. The standard InChI is InChI=1S/C17H19N3O3S/c1-3-11(2)18-17(22)12-10-24-15(19-12)8-20-13-6-4-5-7-14(13)23-9-16(20)21/h4-7,10-11H,3,8-9H2,1-2H3,(H,18,22)/t11-/m0/s1. The van der Waals surface area contributed by atoms with E-state index in [9.17, 15) is 9.59 Å². The van der Waals surface area contributed by atoms with Gasteiger partial charge in [0.05, 0.1) is 12.2 Å². The fraction of sp³-hybridized carbons (Fsp3) is 0.353. The van der Waals surface area contributed by atoms with Gasteiger partial charge in [0.25, 0.3) is 11.8 Å². The molecule has 1 aromatic heterocycles. The molecule has 1 N–H and O–H groups in total. The van der Waals surface area contributed by atoms with Gasteiger partial charge in [-0.1, -0.05) is 19.1 Å². The Bertz CT molecular complexity index is 759. The van der Waals surface area contributed by atoms with E-state index >= 15 is 0 Å². The molecule has 0 radical (unpaired) electrons. The van der Waals surface area contributed by atoms with Crippen LogP contribution in [0.15, 0.2) is 29.6 Å². The molecule has 1 aliphatic rings. The number of para-hydroxylation sites is 2. The molecule has 0 saturated carbocycles. The number of nitrogens with zero attached hydrogens (tertiary/aromatic N) is 2. The number of nitrogens with one attached hydrogen (secondary N) is 1. The summed E-state index contributed by atoms with van der Waals surface area (Å²) >= 11 is 1.38. The SMILES string of the molecule is CC[C@H](C)NC(=O)c1csc(CN2C(=O)COc3ccccc32)n1. The molecule has 1 atom stereocenters. The van der Waals surface area contributed by atoms with Gasteiger partial charge >= 0.3 is 0 Å². The summed E-state index contributed by atoms with van der Waals surface area (Å²) in [6.07, 6.45) is 0.863. The second-order valence-electron chi connectivity index (χ2n) is 5.65. The number of benzene rings is 1. The minimum atomic E-state index is -0.180. The average Bonchev–Trinajstić information content (AvgIpc) is 3.06. The third kappa shape index (κ3) is 3.41. The molecule has 0 fully saturated rings. The predicted octanol–water partition coefficient (Wildman–Crippen LogP) is 2.60. The number of carbonyl (C=O) groups is 2. The summed E-state index contributed by atoms with van der Waals surface area (Å²) in [5.41, 5.74) is 1.12. The maximum absolute atomic E-state index is 12.2. The molecule has 0 bridgehead atoms. The number of thiazole rings is 1. The fourth-order valence-electron chi connectivity index (χ4n) is 2.35. The van der Waals surface area contributed by atoms with Gasteiger partial charge in [-0.05, 0) is 25.5 Å². The quantitative estimate of drug-likeness (QED) is 0.904. The van der Waals surface area contributed by atoms with Crippen LogP contribution in [0.2, 0.25) is 0 Å². The van der Waals surface area contributed by atoms with E-state index in [0.29, 0.717) is 23.0 Å². The molecule has 24 heavy (non-hydrogen) atoms. The van der Waals surface area contributed by atoms with Crippen LogP contribution in [-0.2, 0) is 11.3 Å². The summed E-state index contributed by atoms with van der Waals surface area (Å²) in [5.74, 6) is 0.387. The van der Waals surface area contributed by atoms with Crippen molar-refractivity contribution in [1.82, 2.24) is 10.3 Å². The highest BCUT2D eigenvalue weighted by Crippen LogP contribution is 2.32. The highest BCUT2D eigenvalue weighted by molar-refractivity contribution is 7.09. The number of hydrogen-bond donors (Lipinski definition) is 1. The van der Waals surface area contributed by atoms with Crippen LogP contribution in [0.4, 0.5) is 5.69 Å². The van der Waals surface area contributed by atoms with Crippen LogP contribution in [0.1, 0.15) is 35.8 Å². The smallest absolute Gasteiger partial charge is 0.270 e. The van der Waals surface area contributed by atoms with Crippen molar-refractivity contribution in [2.45, 2.75) is 32.9 Å². The summed E-state index contributed by atoms with van der Waals surface area (Å²) in [6, 6.07) is 7.52. The lowest BCUT2D eigenvalue weighted by Crippen LogP contribution is -2.38. The number of ether oxygens (including phenoxy) is 1. The van der Waals surface area contributed by atoms with Gasteiger partial charge in [0.2, 0.25) is 0 Å². The highest BCUT2D eigenvalue weighted by atomic mass is 32.1. The number of carbonyl (C=O) groups excluding carboxylic acids is 2. The lowest BCUT2D eigenvalue weighted by atomic mass is 10.2. The van der Waals surface area contributed by atoms with Gasteiger partial charge in [-0.2, -0.15) is 0 Å². The van der Waals surface area contributed by atoms with E-state index in [0.717, 1.165) is 12.1 Å². The zero-order valence-corrected chi connectivity index (χ0v) is 14.4. The Morgan fingerprint density at radius 3 is 3.04 bits per heavy atom. The van der Waals surface area contributed by atoms with Crippen molar-refractivity contribution in [2.24, 2.45) is 0 Å². The number of rotatable bonds is 5. The molecule has 2 aromatic rings. The zero-order valence-electron chi connectivity index (χ0n) is 13.6. The van der Waals surface area contributed by atoms with Crippen LogP contribution in [0.25, 0.3) is 0 Å². The van der Waals surface area contributed by atoms with Crippen molar-refractivity contribution < 1.29 is 14.3 Å². The first kappa shape index (κ1) is 16.4. The summed E-state index contributed by atoms with van der Waals surface area (Å²) < 4.78 is 5.43. The van der Waals surface area contributed by atoms with Crippen molar-refractivity contribution in [3.63, 3.8) is 0 Å². The Labute approximate surface area is 144 Å². The predicted molar refractivity (Wildman–Crippen MR) is 92.5 cm³/mol. The molecular weight excluding hydrogens is 326 g/mol. The Hall–Kier alpha value is -2.41. The first-order valence-electron chi connectivity index (χ1n) is 7.86. The van der Waals surface area contributed by atoms with Gasteiger partial charge < -0.3 is 10.1 Å². The molecule has 0 aliphatic carbocycles. The summed E-state index contributed by atoms with van der Waals surface area (Å²) in [7, 11) is 0. The van der Waals surface area contributed by atoms with Gasteiger partial charge in [-0.15, -0.1) is 11.3 Å². The number of hydrogen-bond acceptors (Lipinski definition) is 5. The number of fused-ring (bicyclic) bond motifs is 1. The maximum Gasteiger partial charge on any atom is 0.270 e. The zero-order chi connectivity index (χ0) is 17.1. The van der Waals surface area contributed by atoms with E-state index in [2.05, 4.69) is 10.3 Å². The topological polar surface area (TPSA) is 71.5 Å². The van der Waals surface area contributed by atoms with Crippen molar-refractivity contribution in [3.05, 3.63) is 40.3 Å². The van der Waals surface area contributed by atoms with Crippen molar-refractivity contribution in [3.8, 4) is 5.75 Å². The number of anilines is 1. The van der Waals surface area contributed by atoms with Crippen LogP contribution in [-0.4, -0.2) is 29.4 Å². The molecule has 3 rings (SSSR count). The van der Waals surface area contributed by atoms with Crippen molar-refractivity contribution >= 4 is 28.8 Å². The first-order valence-corrected chi connectivity index (χ1v) is 8.74. The van der Waals surface area contributed by atoms with E-state index in [-0.39, 0.29) is 24.5 Å². The van der Waals surface area contributed by atoms with Crippen LogP contribution >= 0.6 is 11.3 Å². The van der Waals surface area contributed by atoms with Crippen LogP contribution < -0.4 is 15.0 Å². The van der Waals surface area contributed by atoms with Crippen molar-refractivity contribution in [1.29, 1.82) is 0 Å². The lowest BCUT2D eigenvalue weighted by Gasteiger charge is -2.28. The Morgan fingerprint density at radius 1 is 1.46 bits per heavy atom. The maximum atomic E-state index is 12.2. The molecule has 0 saturated heterocycles. The Morgan fingerprint density at radius 2 is 2.25 bits per heavy atom. The van der Waals surface area contributed by atoms with E-state index in [1.165, 1.54) is 11.3 Å². The van der Waals surface area contributed by atoms with E-state index in [1.807, 2.05) is 38.1 Å². The van der Waals surface area contributed by atoms with Gasteiger partial charge in [0.1, 0.15) is 16.5 Å². The molecular formula is C17H19N3O3S. The number of amides is 2. The molecule has 1 aromatic carbocycles. The highest BCUT2D eigenvalue weighted by Gasteiger charge is 2.26. The van der Waals surface area contributed by atoms with Gasteiger partial charge in [0, 0.05) is 11.4 Å². The van der Waals surface area contributed by atoms with E-state index < -0.39 is 0 Å². The summed E-state index contributed by atoms with van der Waals surface area (Å²) in [4.78, 5) is 30.3. The third-order valence-electron chi connectivity index (χ3n) is 3.88. The molecule has 0 unspecified atom stereocenters. The second-order valence-corrected chi connectivity index (χ2v) is 6.59. The minimum absolute atomic E-state index is 0.0176. The molecule has 7 heteroatoms.